The van der Waals surface area contributed by atoms with E-state index in [0.717, 1.165) is 21.3 Å². The van der Waals surface area contributed by atoms with Gasteiger partial charge < -0.3 is 5.73 Å². The smallest absolute Gasteiger partial charge is 0.0931 e. The van der Waals surface area contributed by atoms with Crippen molar-refractivity contribution in [2.45, 2.75) is 12.5 Å². The first kappa shape index (κ1) is 11.9. The highest BCUT2D eigenvalue weighted by molar-refractivity contribution is 7.16. The standard InChI is InChI=1S/C11H10Cl2N2S/c12-7-1-3-10(15-6-7)9(14)5-8-2-4-11(13)16-8/h1-4,6,9H,5,14H2. The molecule has 0 amide bonds. The molecule has 1 unspecified atom stereocenters. The van der Waals surface area contributed by atoms with Gasteiger partial charge in [0.15, 0.2) is 0 Å². The molecule has 0 spiro atoms. The molecule has 0 bridgehead atoms. The predicted molar refractivity (Wildman–Crippen MR) is 69.2 cm³/mol. The van der Waals surface area contributed by atoms with Crippen LogP contribution in [-0.4, -0.2) is 4.98 Å². The van der Waals surface area contributed by atoms with Gasteiger partial charge >= 0.3 is 0 Å². The fourth-order valence-corrected chi connectivity index (χ4v) is 2.65. The highest BCUT2D eigenvalue weighted by Crippen LogP contribution is 2.25. The topological polar surface area (TPSA) is 38.9 Å². The van der Waals surface area contributed by atoms with Crippen LogP contribution in [0.15, 0.2) is 30.5 Å². The largest absolute Gasteiger partial charge is 0.322 e. The number of halogens is 2. The van der Waals surface area contributed by atoms with Gasteiger partial charge in [0.1, 0.15) is 0 Å². The number of nitrogens with two attached hydrogens (primary N) is 1. The SMILES string of the molecule is NC(Cc1ccc(Cl)s1)c1ccc(Cl)cn1. The van der Waals surface area contributed by atoms with Gasteiger partial charge in [0, 0.05) is 17.5 Å². The minimum Gasteiger partial charge on any atom is -0.322 e. The van der Waals surface area contributed by atoms with Gasteiger partial charge in [0.2, 0.25) is 0 Å². The van der Waals surface area contributed by atoms with Crippen LogP contribution in [0.25, 0.3) is 0 Å². The number of rotatable bonds is 3. The van der Waals surface area contributed by atoms with Crippen LogP contribution in [0.3, 0.4) is 0 Å². The van der Waals surface area contributed by atoms with Gasteiger partial charge in [-0.1, -0.05) is 23.2 Å². The molecule has 0 saturated heterocycles. The molecular formula is C11H10Cl2N2S. The van der Waals surface area contributed by atoms with Crippen molar-refractivity contribution in [3.05, 3.63) is 50.4 Å². The monoisotopic (exact) mass is 272 g/mol. The maximum absolute atomic E-state index is 6.04. The van der Waals surface area contributed by atoms with E-state index in [1.165, 1.54) is 0 Å². The molecule has 0 radical (unpaired) electrons. The molecule has 0 aliphatic carbocycles. The zero-order valence-electron chi connectivity index (χ0n) is 8.36. The van der Waals surface area contributed by atoms with Crippen molar-refractivity contribution in [1.82, 2.24) is 4.98 Å². The van der Waals surface area contributed by atoms with E-state index in [2.05, 4.69) is 4.98 Å². The Bertz CT molecular complexity index is 467. The van der Waals surface area contributed by atoms with Gasteiger partial charge in [-0.05, 0) is 24.3 Å². The second-order valence-electron chi connectivity index (χ2n) is 3.42. The first-order chi connectivity index (χ1) is 7.65. The fraction of sp³-hybridized carbons (Fsp3) is 0.182. The summed E-state index contributed by atoms with van der Waals surface area (Å²) in [5.74, 6) is 0. The van der Waals surface area contributed by atoms with Crippen LogP contribution in [0.4, 0.5) is 0 Å². The summed E-state index contributed by atoms with van der Waals surface area (Å²) in [5.41, 5.74) is 6.89. The number of thiophene rings is 1. The van der Waals surface area contributed by atoms with Crippen molar-refractivity contribution in [3.63, 3.8) is 0 Å². The van der Waals surface area contributed by atoms with Gasteiger partial charge in [0.25, 0.3) is 0 Å². The quantitative estimate of drug-likeness (QED) is 0.926. The van der Waals surface area contributed by atoms with Crippen molar-refractivity contribution in [2.24, 2.45) is 5.73 Å². The summed E-state index contributed by atoms with van der Waals surface area (Å²) in [6.07, 6.45) is 2.35. The first-order valence-electron chi connectivity index (χ1n) is 4.76. The normalized spacial score (nSPS) is 12.7. The van der Waals surface area contributed by atoms with Crippen molar-refractivity contribution >= 4 is 34.5 Å². The van der Waals surface area contributed by atoms with E-state index in [1.54, 1.807) is 23.6 Å². The number of nitrogens with zero attached hydrogens (tertiary/aromatic N) is 1. The third-order valence-electron chi connectivity index (χ3n) is 2.18. The number of aromatic nitrogens is 1. The van der Waals surface area contributed by atoms with Crippen molar-refractivity contribution in [1.29, 1.82) is 0 Å². The molecule has 2 nitrogen and oxygen atoms in total. The fourth-order valence-electron chi connectivity index (χ4n) is 1.39. The number of hydrogen-bond donors (Lipinski definition) is 1. The Morgan fingerprint density at radius 2 is 2.06 bits per heavy atom. The molecule has 2 rings (SSSR count). The average molecular weight is 273 g/mol. The van der Waals surface area contributed by atoms with Crippen LogP contribution in [0.5, 0.6) is 0 Å². The van der Waals surface area contributed by atoms with Crippen molar-refractivity contribution in [3.8, 4) is 0 Å². The summed E-state index contributed by atoms with van der Waals surface area (Å²) >= 11 is 13.2. The average Bonchev–Trinajstić information content (AvgIpc) is 2.65. The van der Waals surface area contributed by atoms with Crippen LogP contribution in [0.1, 0.15) is 16.6 Å². The molecular weight excluding hydrogens is 263 g/mol. The second kappa shape index (κ2) is 5.15. The lowest BCUT2D eigenvalue weighted by Crippen LogP contribution is -2.14. The molecule has 16 heavy (non-hydrogen) atoms. The molecule has 0 aliphatic rings. The zero-order chi connectivity index (χ0) is 11.5. The summed E-state index contributed by atoms with van der Waals surface area (Å²) in [5, 5.41) is 0.620. The Morgan fingerprint density at radius 3 is 2.62 bits per heavy atom. The molecule has 84 valence electrons. The van der Waals surface area contributed by atoms with Gasteiger partial charge in [-0.3, -0.25) is 4.98 Å². The molecule has 2 N–H and O–H groups in total. The molecule has 2 heterocycles. The Kier molecular flexibility index (Phi) is 3.82. The molecule has 2 aromatic heterocycles. The highest BCUT2D eigenvalue weighted by Gasteiger charge is 2.09. The first-order valence-corrected chi connectivity index (χ1v) is 6.33. The molecule has 0 aliphatic heterocycles. The van der Waals surface area contributed by atoms with Gasteiger partial charge in [-0.25, -0.2) is 0 Å². The van der Waals surface area contributed by atoms with Crippen LogP contribution in [-0.2, 0) is 6.42 Å². The summed E-state index contributed by atoms with van der Waals surface area (Å²) in [6, 6.07) is 7.40. The molecule has 2 aromatic rings. The second-order valence-corrected chi connectivity index (χ2v) is 5.65. The zero-order valence-corrected chi connectivity index (χ0v) is 10.7. The maximum Gasteiger partial charge on any atom is 0.0931 e. The lowest BCUT2D eigenvalue weighted by molar-refractivity contribution is 0.704. The summed E-state index contributed by atoms with van der Waals surface area (Å²) < 4.78 is 0.784. The van der Waals surface area contributed by atoms with Crippen LogP contribution in [0, 0.1) is 0 Å². The van der Waals surface area contributed by atoms with E-state index in [9.17, 15) is 0 Å². The minimum absolute atomic E-state index is 0.119. The van der Waals surface area contributed by atoms with E-state index in [0.29, 0.717) is 5.02 Å². The van der Waals surface area contributed by atoms with E-state index >= 15 is 0 Å². The van der Waals surface area contributed by atoms with Gasteiger partial charge in [0.05, 0.1) is 21.1 Å². The lowest BCUT2D eigenvalue weighted by Gasteiger charge is -2.09. The Morgan fingerprint density at radius 1 is 1.25 bits per heavy atom. The molecule has 0 saturated carbocycles. The third kappa shape index (κ3) is 2.95. The van der Waals surface area contributed by atoms with Crippen LogP contribution >= 0.6 is 34.5 Å². The Labute approximate surface area is 108 Å². The van der Waals surface area contributed by atoms with Crippen LogP contribution in [0.2, 0.25) is 9.36 Å². The van der Waals surface area contributed by atoms with Crippen molar-refractivity contribution in [2.75, 3.05) is 0 Å². The predicted octanol–water partition coefficient (Wildman–Crippen LogP) is 3.69. The van der Waals surface area contributed by atoms with E-state index in [-0.39, 0.29) is 6.04 Å². The summed E-state index contributed by atoms with van der Waals surface area (Å²) in [7, 11) is 0. The highest BCUT2D eigenvalue weighted by atomic mass is 35.5. The Hall–Kier alpha value is -0.610. The molecule has 1 atom stereocenters. The van der Waals surface area contributed by atoms with Crippen LogP contribution < -0.4 is 5.73 Å². The van der Waals surface area contributed by atoms with E-state index in [4.69, 9.17) is 28.9 Å². The van der Waals surface area contributed by atoms with E-state index < -0.39 is 0 Å². The summed E-state index contributed by atoms with van der Waals surface area (Å²) in [6.45, 7) is 0. The lowest BCUT2D eigenvalue weighted by atomic mass is 10.1. The van der Waals surface area contributed by atoms with Crippen molar-refractivity contribution < 1.29 is 0 Å². The summed E-state index contributed by atoms with van der Waals surface area (Å²) in [4.78, 5) is 5.36. The third-order valence-corrected chi connectivity index (χ3v) is 3.66. The molecule has 0 aromatic carbocycles. The van der Waals surface area contributed by atoms with Gasteiger partial charge in [-0.15, -0.1) is 11.3 Å². The Balaban J connectivity index is 2.08. The minimum atomic E-state index is -0.119. The molecule has 5 heteroatoms. The van der Waals surface area contributed by atoms with Gasteiger partial charge in [-0.2, -0.15) is 0 Å². The van der Waals surface area contributed by atoms with E-state index in [1.807, 2.05) is 18.2 Å². The number of hydrogen-bond acceptors (Lipinski definition) is 3. The molecule has 0 fully saturated rings. The maximum atomic E-state index is 6.04. The number of pyridine rings is 1.